The molecule has 0 unspecified atom stereocenters. The van der Waals surface area contributed by atoms with E-state index in [1.165, 1.54) is 0 Å². The van der Waals surface area contributed by atoms with Gasteiger partial charge in [-0.25, -0.2) is 0 Å². The fourth-order valence-corrected chi connectivity index (χ4v) is 0.826. The van der Waals surface area contributed by atoms with Gasteiger partial charge in [0.05, 0.1) is 6.54 Å². The number of carbonyl (C=O) groups is 2. The molecule has 0 atom stereocenters. The molecule has 19 heavy (non-hydrogen) atoms. The predicted molar refractivity (Wildman–Crippen MR) is 85.8 cm³/mol. The van der Waals surface area contributed by atoms with Crippen LogP contribution in [0.1, 0.15) is 48.0 Å². The summed E-state index contributed by atoms with van der Waals surface area (Å²) in [7, 11) is 7.68. The smallest absolute Gasteiger partial charge is 0.143 e. The standard InChI is InChI=1S/C6H13NO.C5H11NO.2C2H6/c1-6(8)4-5-7(2)3;1-5(7)4-6(2)3;2*1-2/h4-5H2,1-3H3;4H2,1-3H3;2*1-2H3. The molecule has 0 amide bonds. The summed E-state index contributed by atoms with van der Waals surface area (Å²) < 4.78 is 0. The van der Waals surface area contributed by atoms with Crippen LogP contribution in [0.5, 0.6) is 0 Å². The van der Waals surface area contributed by atoms with Crippen LogP contribution in [-0.2, 0) is 9.59 Å². The van der Waals surface area contributed by atoms with Crippen LogP contribution in [0.15, 0.2) is 0 Å². The molecule has 4 nitrogen and oxygen atoms in total. The zero-order chi connectivity index (χ0) is 16.4. The van der Waals surface area contributed by atoms with Crippen LogP contribution in [0.25, 0.3) is 0 Å². The Morgan fingerprint density at radius 3 is 1.16 bits per heavy atom. The van der Waals surface area contributed by atoms with E-state index in [-0.39, 0.29) is 11.6 Å². The highest BCUT2D eigenvalue weighted by atomic mass is 16.1. The fourth-order valence-electron chi connectivity index (χ4n) is 0.826. The lowest BCUT2D eigenvalue weighted by atomic mass is 10.3. The lowest BCUT2D eigenvalue weighted by Gasteiger charge is -2.05. The van der Waals surface area contributed by atoms with Crippen molar-refractivity contribution in [2.75, 3.05) is 41.3 Å². The van der Waals surface area contributed by atoms with Crippen LogP contribution in [0.4, 0.5) is 0 Å². The first-order valence-corrected chi connectivity index (χ1v) is 7.04. The molecule has 0 saturated carbocycles. The Morgan fingerprint density at radius 2 is 1.11 bits per heavy atom. The van der Waals surface area contributed by atoms with Crippen LogP contribution in [0.3, 0.4) is 0 Å². The summed E-state index contributed by atoms with van der Waals surface area (Å²) in [6, 6.07) is 0. The van der Waals surface area contributed by atoms with Gasteiger partial charge < -0.3 is 9.80 Å². The third kappa shape index (κ3) is 58.9. The molecule has 0 saturated heterocycles. The van der Waals surface area contributed by atoms with Gasteiger partial charge in [-0.15, -0.1) is 0 Å². The first kappa shape index (κ1) is 26.8. The molecule has 0 N–H and O–H groups in total. The number of likely N-dealkylation sites (N-methyl/N-ethyl adjacent to an activating group) is 1. The number of hydrogen-bond acceptors (Lipinski definition) is 4. The number of carbonyl (C=O) groups excluding carboxylic acids is 2. The molecule has 0 aromatic rings. The Balaban J connectivity index is -0.0000000941. The van der Waals surface area contributed by atoms with Gasteiger partial charge in [-0.3, -0.25) is 9.59 Å². The van der Waals surface area contributed by atoms with Gasteiger partial charge in [-0.05, 0) is 42.0 Å². The minimum absolute atomic E-state index is 0.213. The van der Waals surface area contributed by atoms with Gasteiger partial charge >= 0.3 is 0 Å². The van der Waals surface area contributed by atoms with Gasteiger partial charge in [-0.1, -0.05) is 27.7 Å². The van der Waals surface area contributed by atoms with Crippen molar-refractivity contribution in [2.45, 2.75) is 48.0 Å². The van der Waals surface area contributed by atoms with Crippen molar-refractivity contribution in [2.24, 2.45) is 0 Å². The summed E-state index contributed by atoms with van der Waals surface area (Å²) in [6.07, 6.45) is 0.674. The van der Waals surface area contributed by atoms with E-state index in [4.69, 9.17) is 0 Å². The number of nitrogens with zero attached hydrogens (tertiary/aromatic N) is 2. The third-order valence-corrected chi connectivity index (χ3v) is 1.45. The second-order valence-corrected chi connectivity index (χ2v) is 4.20. The molecule has 0 aliphatic rings. The summed E-state index contributed by atoms with van der Waals surface area (Å²) in [5.41, 5.74) is 0. The molecule has 118 valence electrons. The summed E-state index contributed by atoms with van der Waals surface area (Å²) in [5, 5.41) is 0. The maximum atomic E-state index is 10.3. The van der Waals surface area contributed by atoms with Gasteiger partial charge in [0.2, 0.25) is 0 Å². The topological polar surface area (TPSA) is 40.6 Å². The number of rotatable bonds is 5. The number of ketones is 2. The average molecular weight is 276 g/mol. The number of hydrogen-bond donors (Lipinski definition) is 0. The maximum Gasteiger partial charge on any atom is 0.143 e. The predicted octanol–water partition coefficient (Wildman–Crippen LogP) is 2.72. The lowest BCUT2D eigenvalue weighted by molar-refractivity contribution is -0.118. The van der Waals surface area contributed by atoms with Crippen LogP contribution >= 0.6 is 0 Å². The van der Waals surface area contributed by atoms with Crippen LogP contribution in [0.2, 0.25) is 0 Å². The van der Waals surface area contributed by atoms with E-state index in [0.29, 0.717) is 13.0 Å². The third-order valence-electron chi connectivity index (χ3n) is 1.45. The molecule has 4 heteroatoms. The SMILES string of the molecule is CC.CC.CC(=O)CCN(C)C.CC(=O)CN(C)C. The maximum absolute atomic E-state index is 10.3. The Morgan fingerprint density at radius 1 is 0.737 bits per heavy atom. The van der Waals surface area contributed by atoms with Crippen molar-refractivity contribution in [3.8, 4) is 0 Å². The molecular formula is C15H36N2O2. The van der Waals surface area contributed by atoms with Gasteiger partial charge in [0.1, 0.15) is 11.6 Å². The minimum Gasteiger partial charge on any atom is -0.309 e. The van der Waals surface area contributed by atoms with Crippen molar-refractivity contribution in [3.05, 3.63) is 0 Å². The Labute approximate surface area is 121 Å². The summed E-state index contributed by atoms with van der Waals surface area (Å²) in [6.45, 7) is 12.6. The van der Waals surface area contributed by atoms with Gasteiger partial charge in [-0.2, -0.15) is 0 Å². The van der Waals surface area contributed by atoms with Gasteiger partial charge in [0, 0.05) is 13.0 Å². The second kappa shape index (κ2) is 22.4. The average Bonchev–Trinajstić information content (AvgIpc) is 2.30. The molecule has 0 bridgehead atoms. The zero-order valence-electron chi connectivity index (χ0n) is 14.8. The van der Waals surface area contributed by atoms with E-state index in [1.54, 1.807) is 13.8 Å². The first-order valence-electron chi connectivity index (χ1n) is 7.04. The Bertz CT molecular complexity index is 191. The molecular weight excluding hydrogens is 240 g/mol. The van der Waals surface area contributed by atoms with Crippen molar-refractivity contribution in [1.29, 1.82) is 0 Å². The second-order valence-electron chi connectivity index (χ2n) is 4.20. The van der Waals surface area contributed by atoms with E-state index in [1.807, 2.05) is 65.7 Å². The van der Waals surface area contributed by atoms with Crippen LogP contribution in [-0.4, -0.2) is 62.6 Å². The molecule has 0 aromatic heterocycles. The normalized spacial score (nSPS) is 8.42. The summed E-state index contributed by atoms with van der Waals surface area (Å²) in [4.78, 5) is 24.4. The molecule has 0 radical (unpaired) electrons. The van der Waals surface area contributed by atoms with E-state index in [2.05, 4.69) is 0 Å². The highest BCUT2D eigenvalue weighted by Gasteiger charge is 1.92. The minimum atomic E-state index is 0.213. The molecule has 0 aromatic carbocycles. The molecule has 0 heterocycles. The summed E-state index contributed by atoms with van der Waals surface area (Å²) in [5.74, 6) is 0.476. The van der Waals surface area contributed by atoms with Crippen LogP contribution in [0, 0.1) is 0 Å². The van der Waals surface area contributed by atoms with Crippen molar-refractivity contribution in [3.63, 3.8) is 0 Å². The van der Waals surface area contributed by atoms with Gasteiger partial charge in [0.25, 0.3) is 0 Å². The van der Waals surface area contributed by atoms with E-state index in [0.717, 1.165) is 6.54 Å². The molecule has 0 fully saturated rings. The molecule has 0 aliphatic heterocycles. The fraction of sp³-hybridized carbons (Fsp3) is 0.867. The first-order chi connectivity index (χ1) is 8.75. The van der Waals surface area contributed by atoms with Crippen molar-refractivity contribution >= 4 is 11.6 Å². The zero-order valence-corrected chi connectivity index (χ0v) is 14.8. The summed E-state index contributed by atoms with van der Waals surface area (Å²) >= 11 is 0. The number of Topliss-reactive ketones (excluding diaryl/α,β-unsaturated/α-hetero) is 2. The van der Waals surface area contributed by atoms with E-state index < -0.39 is 0 Å². The monoisotopic (exact) mass is 276 g/mol. The van der Waals surface area contributed by atoms with E-state index in [9.17, 15) is 9.59 Å². The van der Waals surface area contributed by atoms with Crippen LogP contribution < -0.4 is 0 Å². The quantitative estimate of drug-likeness (QED) is 0.774. The Kier molecular flexibility index (Phi) is 31.6. The lowest BCUT2D eigenvalue weighted by Crippen LogP contribution is -2.18. The highest BCUT2D eigenvalue weighted by molar-refractivity contribution is 5.77. The van der Waals surface area contributed by atoms with Gasteiger partial charge in [0.15, 0.2) is 0 Å². The molecule has 0 spiro atoms. The molecule has 0 rings (SSSR count). The van der Waals surface area contributed by atoms with Crippen molar-refractivity contribution in [1.82, 2.24) is 9.80 Å². The van der Waals surface area contributed by atoms with E-state index >= 15 is 0 Å². The largest absolute Gasteiger partial charge is 0.309 e. The van der Waals surface area contributed by atoms with Crippen molar-refractivity contribution < 1.29 is 9.59 Å². The highest BCUT2D eigenvalue weighted by Crippen LogP contribution is 1.82. The molecule has 0 aliphatic carbocycles. The Hall–Kier alpha value is -0.740.